The Labute approximate surface area is 132 Å². The molecule has 0 fully saturated rings. The molecule has 114 valence electrons. The molecule has 5 heteroatoms. The highest BCUT2D eigenvalue weighted by molar-refractivity contribution is 7.07. The van der Waals surface area contributed by atoms with Crippen LogP contribution in [0.15, 0.2) is 41.1 Å². The van der Waals surface area contributed by atoms with Gasteiger partial charge >= 0.3 is 5.97 Å². The topological polar surface area (TPSA) is 51.5 Å². The second kappa shape index (κ2) is 6.23. The van der Waals surface area contributed by atoms with Gasteiger partial charge in [-0.1, -0.05) is 0 Å². The van der Waals surface area contributed by atoms with E-state index in [9.17, 15) is 9.90 Å². The Hall–Kier alpha value is -2.27. The van der Waals surface area contributed by atoms with Crippen LogP contribution in [0, 0.1) is 0 Å². The van der Waals surface area contributed by atoms with Gasteiger partial charge in [-0.2, -0.15) is 11.3 Å². The normalized spacial score (nSPS) is 11.0. The summed E-state index contributed by atoms with van der Waals surface area (Å²) >= 11 is 1.67. The standard InChI is InChI=1S/C17H17NO3S/c1-2-21-17(20)16-10-13-9-14(19)3-4-15(13)18(16)7-5-12-6-8-22-11-12/h3-4,6,8-11,19H,2,5,7H2,1H3. The predicted octanol–water partition coefficient (Wildman–Crippen LogP) is 3.83. The summed E-state index contributed by atoms with van der Waals surface area (Å²) in [6, 6.07) is 9.01. The Bertz CT molecular complexity index is 790. The van der Waals surface area contributed by atoms with Crippen molar-refractivity contribution in [1.82, 2.24) is 4.57 Å². The zero-order valence-electron chi connectivity index (χ0n) is 12.3. The van der Waals surface area contributed by atoms with Crippen LogP contribution in [0.25, 0.3) is 10.9 Å². The highest BCUT2D eigenvalue weighted by Gasteiger charge is 2.16. The van der Waals surface area contributed by atoms with Crippen LogP contribution in [-0.4, -0.2) is 22.2 Å². The highest BCUT2D eigenvalue weighted by Crippen LogP contribution is 2.25. The molecule has 22 heavy (non-hydrogen) atoms. The molecular formula is C17H17NO3S. The lowest BCUT2D eigenvalue weighted by Gasteiger charge is -2.09. The monoisotopic (exact) mass is 315 g/mol. The van der Waals surface area contributed by atoms with Gasteiger partial charge < -0.3 is 14.4 Å². The average molecular weight is 315 g/mol. The van der Waals surface area contributed by atoms with Crippen molar-refractivity contribution in [2.45, 2.75) is 19.9 Å². The Balaban J connectivity index is 1.99. The highest BCUT2D eigenvalue weighted by atomic mass is 32.1. The zero-order valence-corrected chi connectivity index (χ0v) is 13.1. The Morgan fingerprint density at radius 3 is 2.91 bits per heavy atom. The molecule has 0 spiro atoms. The maximum absolute atomic E-state index is 12.2. The summed E-state index contributed by atoms with van der Waals surface area (Å²) in [5.74, 6) is -0.138. The number of hydrogen-bond donors (Lipinski definition) is 1. The molecule has 0 unspecified atom stereocenters. The summed E-state index contributed by atoms with van der Waals surface area (Å²) in [7, 11) is 0. The van der Waals surface area contributed by atoms with Gasteiger partial charge in [-0.15, -0.1) is 0 Å². The number of rotatable bonds is 5. The fraction of sp³-hybridized carbons (Fsp3) is 0.235. The van der Waals surface area contributed by atoms with E-state index in [-0.39, 0.29) is 11.7 Å². The summed E-state index contributed by atoms with van der Waals surface area (Å²) in [5.41, 5.74) is 2.70. The fourth-order valence-corrected chi connectivity index (χ4v) is 3.25. The number of aromatic hydroxyl groups is 1. The van der Waals surface area contributed by atoms with Crippen LogP contribution in [0.3, 0.4) is 0 Å². The zero-order chi connectivity index (χ0) is 15.5. The molecule has 0 saturated heterocycles. The molecule has 0 radical (unpaired) electrons. The van der Waals surface area contributed by atoms with Gasteiger partial charge in [0, 0.05) is 17.4 Å². The number of esters is 1. The number of phenolic OH excluding ortho intramolecular Hbond substituents is 1. The minimum absolute atomic E-state index is 0.192. The van der Waals surface area contributed by atoms with E-state index in [2.05, 4.69) is 11.4 Å². The molecule has 0 aliphatic rings. The molecular weight excluding hydrogens is 298 g/mol. The van der Waals surface area contributed by atoms with Crippen molar-refractivity contribution in [1.29, 1.82) is 0 Å². The Morgan fingerprint density at radius 1 is 1.32 bits per heavy atom. The molecule has 0 bridgehead atoms. The first-order chi connectivity index (χ1) is 10.7. The third-order valence-electron chi connectivity index (χ3n) is 3.57. The summed E-state index contributed by atoms with van der Waals surface area (Å²) in [6.07, 6.45) is 0.848. The summed E-state index contributed by atoms with van der Waals surface area (Å²) in [6.45, 7) is 2.83. The molecule has 0 atom stereocenters. The van der Waals surface area contributed by atoms with Gasteiger partial charge in [0.05, 0.1) is 6.61 Å². The van der Waals surface area contributed by atoms with Crippen LogP contribution in [0.2, 0.25) is 0 Å². The van der Waals surface area contributed by atoms with E-state index < -0.39 is 0 Å². The molecule has 0 saturated carbocycles. The number of phenols is 1. The Kier molecular flexibility index (Phi) is 4.15. The molecule has 0 aliphatic heterocycles. The number of nitrogens with zero attached hydrogens (tertiary/aromatic N) is 1. The van der Waals surface area contributed by atoms with Crippen molar-refractivity contribution >= 4 is 28.2 Å². The van der Waals surface area contributed by atoms with Crippen molar-refractivity contribution in [2.24, 2.45) is 0 Å². The van der Waals surface area contributed by atoms with Crippen molar-refractivity contribution in [2.75, 3.05) is 6.61 Å². The Morgan fingerprint density at radius 2 is 2.18 bits per heavy atom. The third kappa shape index (κ3) is 2.85. The van der Waals surface area contributed by atoms with Gasteiger partial charge in [0.2, 0.25) is 0 Å². The lowest BCUT2D eigenvalue weighted by molar-refractivity contribution is 0.0514. The largest absolute Gasteiger partial charge is 0.508 e. The smallest absolute Gasteiger partial charge is 0.354 e. The van der Waals surface area contributed by atoms with E-state index in [1.54, 1.807) is 36.5 Å². The minimum atomic E-state index is -0.330. The number of aryl methyl sites for hydroxylation is 2. The van der Waals surface area contributed by atoms with E-state index in [1.807, 2.05) is 16.0 Å². The first-order valence-electron chi connectivity index (χ1n) is 7.19. The van der Waals surface area contributed by atoms with Crippen molar-refractivity contribution in [3.05, 3.63) is 52.3 Å². The van der Waals surface area contributed by atoms with Gasteiger partial charge in [-0.25, -0.2) is 4.79 Å². The van der Waals surface area contributed by atoms with Crippen LogP contribution in [0.5, 0.6) is 5.75 Å². The van der Waals surface area contributed by atoms with Crippen LogP contribution < -0.4 is 0 Å². The third-order valence-corrected chi connectivity index (χ3v) is 4.31. The maximum atomic E-state index is 12.2. The molecule has 4 nitrogen and oxygen atoms in total. The second-order valence-electron chi connectivity index (χ2n) is 5.03. The van der Waals surface area contributed by atoms with Crippen molar-refractivity contribution in [3.8, 4) is 5.75 Å². The van der Waals surface area contributed by atoms with E-state index in [4.69, 9.17) is 4.74 Å². The van der Waals surface area contributed by atoms with Crippen molar-refractivity contribution < 1.29 is 14.6 Å². The summed E-state index contributed by atoms with van der Waals surface area (Å²) in [4.78, 5) is 12.2. The summed E-state index contributed by atoms with van der Waals surface area (Å²) < 4.78 is 7.11. The van der Waals surface area contributed by atoms with E-state index in [0.717, 1.165) is 17.3 Å². The molecule has 3 rings (SSSR count). The molecule has 1 aromatic carbocycles. The van der Waals surface area contributed by atoms with Gasteiger partial charge in [-0.05, 0) is 60.0 Å². The number of hydrogen-bond acceptors (Lipinski definition) is 4. The van der Waals surface area contributed by atoms with E-state index in [1.165, 1.54) is 5.56 Å². The SMILES string of the molecule is CCOC(=O)c1cc2cc(O)ccc2n1CCc1ccsc1. The molecule has 0 aliphatic carbocycles. The average Bonchev–Trinajstić information content (AvgIpc) is 3.12. The van der Waals surface area contributed by atoms with Crippen LogP contribution in [-0.2, 0) is 17.7 Å². The lowest BCUT2D eigenvalue weighted by atomic mass is 10.2. The van der Waals surface area contributed by atoms with E-state index in [0.29, 0.717) is 18.8 Å². The van der Waals surface area contributed by atoms with Crippen LogP contribution in [0.1, 0.15) is 23.0 Å². The number of aromatic nitrogens is 1. The molecule has 1 N–H and O–H groups in total. The molecule has 2 heterocycles. The van der Waals surface area contributed by atoms with Gasteiger partial charge in [0.15, 0.2) is 0 Å². The molecule has 2 aromatic heterocycles. The number of ether oxygens (including phenoxy) is 1. The van der Waals surface area contributed by atoms with Crippen LogP contribution in [0.4, 0.5) is 0 Å². The maximum Gasteiger partial charge on any atom is 0.354 e. The van der Waals surface area contributed by atoms with Crippen molar-refractivity contribution in [3.63, 3.8) is 0 Å². The predicted molar refractivity (Wildman–Crippen MR) is 87.6 cm³/mol. The molecule has 3 aromatic rings. The first kappa shape index (κ1) is 14.7. The number of carbonyl (C=O) groups excluding carboxylic acids is 1. The lowest BCUT2D eigenvalue weighted by Crippen LogP contribution is -2.13. The minimum Gasteiger partial charge on any atom is -0.508 e. The second-order valence-corrected chi connectivity index (χ2v) is 5.81. The first-order valence-corrected chi connectivity index (χ1v) is 8.13. The van der Waals surface area contributed by atoms with Gasteiger partial charge in [-0.3, -0.25) is 0 Å². The fourth-order valence-electron chi connectivity index (χ4n) is 2.55. The number of benzene rings is 1. The van der Waals surface area contributed by atoms with E-state index >= 15 is 0 Å². The number of carbonyl (C=O) groups is 1. The quantitative estimate of drug-likeness (QED) is 0.728. The summed E-state index contributed by atoms with van der Waals surface area (Å²) in [5, 5.41) is 14.6. The number of thiophene rings is 1. The molecule has 0 amide bonds. The van der Waals surface area contributed by atoms with Gasteiger partial charge in [0.1, 0.15) is 11.4 Å². The van der Waals surface area contributed by atoms with Crippen LogP contribution >= 0.6 is 11.3 Å². The van der Waals surface area contributed by atoms with Gasteiger partial charge in [0.25, 0.3) is 0 Å². The number of fused-ring (bicyclic) bond motifs is 1.